The van der Waals surface area contributed by atoms with Gasteiger partial charge in [-0.2, -0.15) is 5.26 Å². The highest BCUT2D eigenvalue weighted by molar-refractivity contribution is 6.32. The fourth-order valence-corrected chi connectivity index (χ4v) is 2.11. The van der Waals surface area contributed by atoms with E-state index in [4.69, 9.17) is 34.3 Å². The quantitative estimate of drug-likeness (QED) is 0.597. The highest BCUT2D eigenvalue weighted by Crippen LogP contribution is 2.23. The number of amides is 1. The number of nitrogens with zero attached hydrogens (tertiary/aromatic N) is 1. The molecule has 0 unspecified atom stereocenters. The van der Waals surface area contributed by atoms with Crippen molar-refractivity contribution >= 4 is 40.5 Å². The Labute approximate surface area is 131 Å². The SMILES string of the molecule is N#Cc1ccc(NC(=O)c2cc(Cl)ccc2NN)cc1Cl. The van der Waals surface area contributed by atoms with Crippen LogP contribution >= 0.6 is 23.2 Å². The molecule has 2 aromatic carbocycles. The molecule has 0 aliphatic rings. The van der Waals surface area contributed by atoms with E-state index in [9.17, 15) is 4.79 Å². The Balaban J connectivity index is 2.28. The van der Waals surface area contributed by atoms with Crippen LogP contribution in [0.4, 0.5) is 11.4 Å². The molecule has 0 aliphatic heterocycles. The Morgan fingerprint density at radius 1 is 1.19 bits per heavy atom. The summed E-state index contributed by atoms with van der Waals surface area (Å²) in [6.45, 7) is 0. The average molecular weight is 321 g/mol. The zero-order chi connectivity index (χ0) is 15.4. The van der Waals surface area contributed by atoms with E-state index in [1.807, 2.05) is 6.07 Å². The zero-order valence-corrected chi connectivity index (χ0v) is 12.2. The number of nitriles is 1. The van der Waals surface area contributed by atoms with Crippen LogP contribution in [0.1, 0.15) is 15.9 Å². The summed E-state index contributed by atoms with van der Waals surface area (Å²) in [7, 11) is 0. The monoisotopic (exact) mass is 320 g/mol. The summed E-state index contributed by atoms with van der Waals surface area (Å²) < 4.78 is 0. The molecule has 0 saturated heterocycles. The van der Waals surface area contributed by atoms with Crippen LogP contribution in [-0.4, -0.2) is 5.91 Å². The molecule has 0 saturated carbocycles. The van der Waals surface area contributed by atoms with Gasteiger partial charge >= 0.3 is 0 Å². The molecule has 0 bridgehead atoms. The largest absolute Gasteiger partial charge is 0.323 e. The molecular formula is C14H10Cl2N4O. The van der Waals surface area contributed by atoms with Gasteiger partial charge in [-0.3, -0.25) is 10.6 Å². The van der Waals surface area contributed by atoms with Crippen molar-refractivity contribution in [3.8, 4) is 6.07 Å². The molecule has 0 spiro atoms. The van der Waals surface area contributed by atoms with E-state index in [0.29, 0.717) is 27.5 Å². The summed E-state index contributed by atoms with van der Waals surface area (Å²) in [6, 6.07) is 11.3. The maximum Gasteiger partial charge on any atom is 0.257 e. The van der Waals surface area contributed by atoms with Crippen molar-refractivity contribution in [1.82, 2.24) is 0 Å². The average Bonchev–Trinajstić information content (AvgIpc) is 2.47. The predicted molar refractivity (Wildman–Crippen MR) is 83.4 cm³/mol. The molecular weight excluding hydrogens is 311 g/mol. The van der Waals surface area contributed by atoms with Gasteiger partial charge in [0.1, 0.15) is 6.07 Å². The first-order chi connectivity index (χ1) is 10.0. The van der Waals surface area contributed by atoms with Gasteiger partial charge in [-0.1, -0.05) is 23.2 Å². The lowest BCUT2D eigenvalue weighted by Crippen LogP contribution is -2.17. The van der Waals surface area contributed by atoms with E-state index in [-0.39, 0.29) is 5.02 Å². The van der Waals surface area contributed by atoms with Crippen molar-refractivity contribution in [3.05, 3.63) is 57.6 Å². The number of carbonyl (C=O) groups is 1. The van der Waals surface area contributed by atoms with Crippen LogP contribution in [0.5, 0.6) is 0 Å². The molecule has 0 heterocycles. The molecule has 106 valence electrons. The third kappa shape index (κ3) is 3.44. The fraction of sp³-hybridized carbons (Fsp3) is 0. The fourth-order valence-electron chi connectivity index (χ4n) is 1.71. The van der Waals surface area contributed by atoms with Gasteiger partial charge < -0.3 is 10.7 Å². The number of anilines is 2. The lowest BCUT2D eigenvalue weighted by atomic mass is 10.1. The molecule has 0 fully saturated rings. The van der Waals surface area contributed by atoms with Crippen LogP contribution in [0.25, 0.3) is 0 Å². The van der Waals surface area contributed by atoms with Crippen molar-refractivity contribution in [1.29, 1.82) is 5.26 Å². The van der Waals surface area contributed by atoms with Gasteiger partial charge in [0.05, 0.1) is 21.8 Å². The maximum absolute atomic E-state index is 12.2. The first-order valence-corrected chi connectivity index (χ1v) is 6.58. The number of hydrazine groups is 1. The molecule has 2 aromatic rings. The van der Waals surface area contributed by atoms with E-state index >= 15 is 0 Å². The van der Waals surface area contributed by atoms with Crippen LogP contribution in [0.3, 0.4) is 0 Å². The summed E-state index contributed by atoms with van der Waals surface area (Å²) in [5.74, 6) is 4.97. The summed E-state index contributed by atoms with van der Waals surface area (Å²) in [4.78, 5) is 12.2. The Hall–Kier alpha value is -2.26. The van der Waals surface area contributed by atoms with Gasteiger partial charge in [0, 0.05) is 10.7 Å². The normalized spacial score (nSPS) is 9.81. The van der Waals surface area contributed by atoms with Crippen LogP contribution in [0, 0.1) is 11.3 Å². The minimum absolute atomic E-state index is 0.263. The van der Waals surface area contributed by atoms with Gasteiger partial charge in [-0.05, 0) is 36.4 Å². The van der Waals surface area contributed by atoms with E-state index in [1.54, 1.807) is 18.2 Å². The Morgan fingerprint density at radius 2 is 1.95 bits per heavy atom. The summed E-state index contributed by atoms with van der Waals surface area (Å²) in [5.41, 5.74) is 3.97. The van der Waals surface area contributed by atoms with Crippen molar-refractivity contribution in [2.24, 2.45) is 5.84 Å². The predicted octanol–water partition coefficient (Wildman–Crippen LogP) is 3.40. The number of halogens is 2. The first kappa shape index (κ1) is 15.1. The highest BCUT2D eigenvalue weighted by Gasteiger charge is 2.12. The number of nitrogen functional groups attached to an aromatic ring is 1. The summed E-state index contributed by atoms with van der Waals surface area (Å²) >= 11 is 11.8. The standard InChI is InChI=1S/C14H10Cl2N4O/c15-9-2-4-13(20-18)11(5-9)14(21)19-10-3-1-8(7-17)12(16)6-10/h1-6,20H,18H2,(H,19,21). The van der Waals surface area contributed by atoms with E-state index in [1.165, 1.54) is 18.2 Å². The highest BCUT2D eigenvalue weighted by atomic mass is 35.5. The number of nitrogens with one attached hydrogen (secondary N) is 2. The maximum atomic E-state index is 12.2. The van der Waals surface area contributed by atoms with Crippen molar-refractivity contribution in [2.75, 3.05) is 10.7 Å². The first-order valence-electron chi connectivity index (χ1n) is 5.82. The number of nitrogens with two attached hydrogens (primary N) is 1. The molecule has 0 radical (unpaired) electrons. The number of rotatable bonds is 3. The number of carbonyl (C=O) groups excluding carboxylic acids is 1. The van der Waals surface area contributed by atoms with Crippen molar-refractivity contribution in [2.45, 2.75) is 0 Å². The van der Waals surface area contributed by atoms with Gasteiger partial charge in [0.2, 0.25) is 0 Å². The van der Waals surface area contributed by atoms with E-state index in [0.717, 1.165) is 0 Å². The van der Waals surface area contributed by atoms with Crippen LogP contribution in [0.2, 0.25) is 10.0 Å². The Kier molecular flexibility index (Phi) is 4.66. The Morgan fingerprint density at radius 3 is 2.57 bits per heavy atom. The molecule has 7 heteroatoms. The van der Waals surface area contributed by atoms with Crippen molar-refractivity contribution in [3.63, 3.8) is 0 Å². The van der Waals surface area contributed by atoms with Gasteiger partial charge in [0.15, 0.2) is 0 Å². The second-order valence-electron chi connectivity index (χ2n) is 4.09. The molecule has 1 amide bonds. The molecule has 0 aromatic heterocycles. The lowest BCUT2D eigenvalue weighted by Gasteiger charge is -2.10. The lowest BCUT2D eigenvalue weighted by molar-refractivity contribution is 0.102. The second-order valence-corrected chi connectivity index (χ2v) is 4.94. The number of hydrogen-bond donors (Lipinski definition) is 3. The zero-order valence-electron chi connectivity index (χ0n) is 10.7. The van der Waals surface area contributed by atoms with E-state index in [2.05, 4.69) is 10.7 Å². The van der Waals surface area contributed by atoms with Crippen LogP contribution in [0.15, 0.2) is 36.4 Å². The van der Waals surface area contributed by atoms with Crippen LogP contribution in [-0.2, 0) is 0 Å². The summed E-state index contributed by atoms with van der Waals surface area (Å²) in [6.07, 6.45) is 0. The van der Waals surface area contributed by atoms with Gasteiger partial charge in [0.25, 0.3) is 5.91 Å². The smallest absolute Gasteiger partial charge is 0.257 e. The molecule has 0 aliphatic carbocycles. The van der Waals surface area contributed by atoms with Gasteiger partial charge in [-0.25, -0.2) is 0 Å². The topological polar surface area (TPSA) is 90.9 Å². The molecule has 21 heavy (non-hydrogen) atoms. The van der Waals surface area contributed by atoms with Crippen molar-refractivity contribution < 1.29 is 4.79 Å². The van der Waals surface area contributed by atoms with Gasteiger partial charge in [-0.15, -0.1) is 0 Å². The number of hydrogen-bond acceptors (Lipinski definition) is 4. The minimum Gasteiger partial charge on any atom is -0.323 e. The third-order valence-electron chi connectivity index (χ3n) is 2.73. The van der Waals surface area contributed by atoms with E-state index < -0.39 is 5.91 Å². The second kappa shape index (κ2) is 6.46. The molecule has 0 atom stereocenters. The summed E-state index contributed by atoms with van der Waals surface area (Å²) in [5, 5.41) is 12.2. The molecule has 4 N–H and O–H groups in total. The van der Waals surface area contributed by atoms with Crippen LogP contribution < -0.4 is 16.6 Å². The molecule has 2 rings (SSSR count). The number of benzene rings is 2. The minimum atomic E-state index is -0.397. The Bertz CT molecular complexity index is 740. The third-order valence-corrected chi connectivity index (χ3v) is 3.28. The molecule has 5 nitrogen and oxygen atoms in total.